The molecular weight excluding hydrogens is 369 g/mol. The van der Waals surface area contributed by atoms with Crippen LogP contribution in [0.15, 0.2) is 23.1 Å². The zero-order valence-corrected chi connectivity index (χ0v) is 16.6. The maximum atomic E-state index is 14.5. The number of hydrogen-bond acceptors (Lipinski definition) is 4. The van der Waals surface area contributed by atoms with Crippen LogP contribution < -0.4 is 9.62 Å². The van der Waals surface area contributed by atoms with Gasteiger partial charge in [-0.05, 0) is 62.8 Å². The number of anilines is 1. The van der Waals surface area contributed by atoms with Crippen molar-refractivity contribution < 1.29 is 17.6 Å². The molecule has 1 aromatic carbocycles. The Kier molecular flexibility index (Phi) is 4.46. The molecule has 1 saturated heterocycles. The molecule has 2 aliphatic carbocycles. The number of nitrogens with one attached hydrogen (secondary N) is 1. The van der Waals surface area contributed by atoms with Crippen LogP contribution in [0.25, 0.3) is 0 Å². The lowest BCUT2D eigenvalue weighted by atomic mass is 9.90. The second-order valence-corrected chi connectivity index (χ2v) is 9.99. The molecule has 1 aromatic rings. The fourth-order valence-electron chi connectivity index (χ4n) is 4.36. The SMILES string of the molecule is CNS(=O)(=O)c1ccc(N2CCC3(CC2)CC3C(=O)N(C)C2CC2)c(F)c1. The lowest BCUT2D eigenvalue weighted by molar-refractivity contribution is -0.132. The lowest BCUT2D eigenvalue weighted by Crippen LogP contribution is -2.38. The van der Waals surface area contributed by atoms with E-state index in [0.717, 1.165) is 38.2 Å². The summed E-state index contributed by atoms with van der Waals surface area (Å²) in [6.07, 6.45) is 4.93. The number of piperidine rings is 1. The second kappa shape index (κ2) is 6.44. The lowest BCUT2D eigenvalue weighted by Gasteiger charge is -2.35. The van der Waals surface area contributed by atoms with Crippen molar-refractivity contribution in [2.24, 2.45) is 11.3 Å². The van der Waals surface area contributed by atoms with Gasteiger partial charge in [-0.3, -0.25) is 4.79 Å². The third-order valence-electron chi connectivity index (χ3n) is 6.53. The number of nitrogens with zero attached hydrogens (tertiary/aromatic N) is 2. The van der Waals surface area contributed by atoms with E-state index in [0.29, 0.717) is 24.8 Å². The number of sulfonamides is 1. The Balaban J connectivity index is 1.41. The standard InChI is InChI=1S/C19H26FN3O3S/c1-21-27(25,26)14-5-6-17(16(20)11-14)23-9-7-19(8-10-23)12-15(19)18(24)22(2)13-3-4-13/h5-6,11,13,15,21H,3-4,7-10,12H2,1-2H3. The van der Waals surface area contributed by atoms with Gasteiger partial charge in [-0.1, -0.05) is 0 Å². The molecule has 1 N–H and O–H groups in total. The molecule has 1 spiro atoms. The van der Waals surface area contributed by atoms with Gasteiger partial charge in [-0.2, -0.15) is 0 Å². The summed E-state index contributed by atoms with van der Waals surface area (Å²) in [5.74, 6) is -0.129. The molecule has 4 rings (SSSR count). The third kappa shape index (κ3) is 3.33. The number of hydrogen-bond donors (Lipinski definition) is 1. The molecule has 6 nitrogen and oxygen atoms in total. The molecule has 2 saturated carbocycles. The largest absolute Gasteiger partial charge is 0.369 e. The summed E-state index contributed by atoms with van der Waals surface area (Å²) in [5, 5.41) is 0. The third-order valence-corrected chi connectivity index (χ3v) is 7.94. The maximum Gasteiger partial charge on any atom is 0.240 e. The Hall–Kier alpha value is -1.67. The molecule has 1 amide bonds. The van der Waals surface area contributed by atoms with Crippen LogP contribution in [0, 0.1) is 17.2 Å². The maximum absolute atomic E-state index is 14.5. The van der Waals surface area contributed by atoms with E-state index < -0.39 is 15.8 Å². The number of carbonyl (C=O) groups excluding carboxylic acids is 1. The van der Waals surface area contributed by atoms with Gasteiger partial charge in [0.2, 0.25) is 15.9 Å². The van der Waals surface area contributed by atoms with Crippen molar-refractivity contribution in [1.29, 1.82) is 0 Å². The first-order valence-electron chi connectivity index (χ1n) is 9.52. The van der Waals surface area contributed by atoms with E-state index in [1.54, 1.807) is 0 Å². The highest BCUT2D eigenvalue weighted by atomic mass is 32.2. The van der Waals surface area contributed by atoms with E-state index in [1.165, 1.54) is 19.2 Å². The summed E-state index contributed by atoms with van der Waals surface area (Å²) >= 11 is 0. The van der Waals surface area contributed by atoms with Crippen molar-refractivity contribution in [2.45, 2.75) is 43.0 Å². The van der Waals surface area contributed by atoms with E-state index in [9.17, 15) is 17.6 Å². The van der Waals surface area contributed by atoms with Gasteiger partial charge >= 0.3 is 0 Å². The first kappa shape index (κ1) is 18.7. The topological polar surface area (TPSA) is 69.7 Å². The normalized spacial score (nSPS) is 24.1. The molecule has 1 aliphatic heterocycles. The Bertz CT molecular complexity index is 861. The van der Waals surface area contributed by atoms with Crippen molar-refractivity contribution >= 4 is 21.6 Å². The second-order valence-electron chi connectivity index (χ2n) is 8.11. The molecule has 3 fully saturated rings. The van der Waals surface area contributed by atoms with E-state index in [-0.39, 0.29) is 22.1 Å². The first-order valence-corrected chi connectivity index (χ1v) is 11.0. The summed E-state index contributed by atoms with van der Waals surface area (Å²) in [6, 6.07) is 4.48. The van der Waals surface area contributed by atoms with Gasteiger partial charge in [0.1, 0.15) is 5.82 Å². The highest BCUT2D eigenvalue weighted by Crippen LogP contribution is 2.60. The van der Waals surface area contributed by atoms with Crippen molar-refractivity contribution in [2.75, 3.05) is 32.1 Å². The number of carbonyl (C=O) groups is 1. The van der Waals surface area contributed by atoms with Crippen LogP contribution in [-0.2, 0) is 14.8 Å². The fraction of sp³-hybridized carbons (Fsp3) is 0.632. The van der Waals surface area contributed by atoms with Crippen molar-refractivity contribution in [1.82, 2.24) is 9.62 Å². The van der Waals surface area contributed by atoms with Gasteiger partial charge in [-0.25, -0.2) is 17.5 Å². The average molecular weight is 396 g/mol. The molecule has 1 atom stereocenters. The van der Waals surface area contributed by atoms with Gasteiger partial charge in [0, 0.05) is 32.1 Å². The number of benzene rings is 1. The molecule has 0 bridgehead atoms. The van der Waals surface area contributed by atoms with Crippen LogP contribution in [0.4, 0.5) is 10.1 Å². The Morgan fingerprint density at radius 2 is 1.96 bits per heavy atom. The van der Waals surface area contributed by atoms with Gasteiger partial charge in [0.15, 0.2) is 0 Å². The van der Waals surface area contributed by atoms with Gasteiger partial charge in [-0.15, -0.1) is 0 Å². The molecular formula is C19H26FN3O3S. The summed E-state index contributed by atoms with van der Waals surface area (Å²) in [4.78, 5) is 16.4. The number of rotatable bonds is 5. The van der Waals surface area contributed by atoms with Crippen LogP contribution in [0.2, 0.25) is 0 Å². The van der Waals surface area contributed by atoms with Crippen LogP contribution >= 0.6 is 0 Å². The number of halogens is 1. The average Bonchev–Trinajstić information content (AvgIpc) is 3.57. The zero-order chi connectivity index (χ0) is 19.4. The fourth-order valence-corrected chi connectivity index (χ4v) is 5.10. The molecule has 0 radical (unpaired) electrons. The van der Waals surface area contributed by atoms with Crippen LogP contribution in [0.1, 0.15) is 32.1 Å². The van der Waals surface area contributed by atoms with Gasteiger partial charge in [0.05, 0.1) is 10.6 Å². The minimum Gasteiger partial charge on any atom is -0.369 e. The predicted octanol–water partition coefficient (Wildman–Crippen LogP) is 1.96. The molecule has 8 heteroatoms. The van der Waals surface area contributed by atoms with E-state index >= 15 is 0 Å². The van der Waals surface area contributed by atoms with E-state index in [2.05, 4.69) is 4.72 Å². The van der Waals surface area contributed by atoms with E-state index in [1.807, 2.05) is 16.8 Å². The molecule has 148 valence electrons. The summed E-state index contributed by atoms with van der Waals surface area (Å²) in [6.45, 7) is 1.37. The predicted molar refractivity (Wildman–Crippen MR) is 100 cm³/mol. The number of amides is 1. The van der Waals surface area contributed by atoms with Crippen LogP contribution in [-0.4, -0.2) is 52.5 Å². The van der Waals surface area contributed by atoms with Crippen molar-refractivity contribution in [3.05, 3.63) is 24.0 Å². The molecule has 1 unspecified atom stereocenters. The van der Waals surface area contributed by atoms with Gasteiger partial charge in [0.25, 0.3) is 0 Å². The molecule has 1 heterocycles. The van der Waals surface area contributed by atoms with Gasteiger partial charge < -0.3 is 9.80 Å². The van der Waals surface area contributed by atoms with Crippen molar-refractivity contribution in [3.8, 4) is 0 Å². The van der Waals surface area contributed by atoms with Crippen LogP contribution in [0.5, 0.6) is 0 Å². The summed E-state index contributed by atoms with van der Waals surface area (Å²) in [5.41, 5.74) is 0.515. The Labute approximate surface area is 159 Å². The smallest absolute Gasteiger partial charge is 0.240 e. The molecule has 27 heavy (non-hydrogen) atoms. The Morgan fingerprint density at radius 3 is 2.52 bits per heavy atom. The highest BCUT2D eigenvalue weighted by Gasteiger charge is 2.59. The minimum absolute atomic E-state index is 0.0734. The summed E-state index contributed by atoms with van der Waals surface area (Å²) < 4.78 is 40.3. The Morgan fingerprint density at radius 1 is 1.30 bits per heavy atom. The van der Waals surface area contributed by atoms with E-state index in [4.69, 9.17) is 0 Å². The van der Waals surface area contributed by atoms with Crippen LogP contribution in [0.3, 0.4) is 0 Å². The van der Waals surface area contributed by atoms with Crippen molar-refractivity contribution in [3.63, 3.8) is 0 Å². The first-order chi connectivity index (χ1) is 12.8. The zero-order valence-electron chi connectivity index (χ0n) is 15.7. The molecule has 3 aliphatic rings. The molecule has 0 aromatic heterocycles. The quantitative estimate of drug-likeness (QED) is 0.828. The minimum atomic E-state index is -3.65. The monoisotopic (exact) mass is 395 g/mol. The highest BCUT2D eigenvalue weighted by molar-refractivity contribution is 7.89. The summed E-state index contributed by atoms with van der Waals surface area (Å²) in [7, 11) is -0.436.